The largest absolute Gasteiger partial charge is 0.459 e. The van der Waals surface area contributed by atoms with E-state index in [1.165, 1.54) is 12.1 Å². The molecule has 0 aromatic heterocycles. The zero-order valence-corrected chi connectivity index (χ0v) is 15.2. The van der Waals surface area contributed by atoms with Crippen molar-refractivity contribution in [2.24, 2.45) is 10.9 Å². The normalized spacial score (nSPS) is 21.7. The fourth-order valence-corrected chi connectivity index (χ4v) is 3.40. The topological polar surface area (TPSA) is 67.8 Å². The lowest BCUT2D eigenvalue weighted by molar-refractivity contribution is -0.145. The Morgan fingerprint density at radius 3 is 2.48 bits per heavy atom. The molecule has 1 saturated carbocycles. The Bertz CT molecular complexity index is 982. The highest BCUT2D eigenvalue weighted by atomic mass is 19.4. The molecule has 4 rings (SSSR count). The van der Waals surface area contributed by atoms with Crippen molar-refractivity contribution in [3.05, 3.63) is 65.7 Å². The van der Waals surface area contributed by atoms with Crippen LogP contribution in [0.2, 0.25) is 0 Å². The standard InChI is InChI=1S/C21H17F3N2O3/c22-21(23,24)14-7-4-8-15(11-14)25-16-12-29-19(28)17(16)18(27)26-20(9-10-20)13-5-2-1-3-6-13/h1-8,11,17H,9-10,12H2,(H,26,27). The number of esters is 1. The van der Waals surface area contributed by atoms with E-state index in [1.54, 1.807) is 0 Å². The van der Waals surface area contributed by atoms with Crippen molar-refractivity contribution >= 4 is 23.3 Å². The van der Waals surface area contributed by atoms with Gasteiger partial charge in [0.05, 0.1) is 22.5 Å². The third kappa shape index (κ3) is 3.87. The number of halogens is 3. The SMILES string of the molecule is O=C(NC1(c2ccccc2)CC1)C1C(=O)OCC1=Nc1cccc(C(F)(F)F)c1. The van der Waals surface area contributed by atoms with Gasteiger partial charge in [0.2, 0.25) is 5.91 Å². The van der Waals surface area contributed by atoms with Crippen LogP contribution in [0.5, 0.6) is 0 Å². The molecule has 0 bridgehead atoms. The molecular formula is C21H17F3N2O3. The monoisotopic (exact) mass is 402 g/mol. The highest BCUT2D eigenvalue weighted by molar-refractivity contribution is 6.22. The Kier molecular flexibility index (Phi) is 4.64. The van der Waals surface area contributed by atoms with Crippen molar-refractivity contribution in [2.45, 2.75) is 24.6 Å². The fraction of sp³-hybridized carbons (Fsp3) is 0.286. The maximum absolute atomic E-state index is 12.9. The van der Waals surface area contributed by atoms with Crippen molar-refractivity contribution in [1.82, 2.24) is 5.32 Å². The van der Waals surface area contributed by atoms with Gasteiger partial charge in [-0.25, -0.2) is 0 Å². The summed E-state index contributed by atoms with van der Waals surface area (Å²) in [5, 5.41) is 2.91. The number of benzene rings is 2. The molecule has 150 valence electrons. The number of alkyl halides is 3. The summed E-state index contributed by atoms with van der Waals surface area (Å²) in [7, 11) is 0. The van der Waals surface area contributed by atoms with Crippen LogP contribution in [-0.2, 0) is 26.0 Å². The Balaban J connectivity index is 1.57. The molecule has 1 aliphatic carbocycles. The average molecular weight is 402 g/mol. The summed E-state index contributed by atoms with van der Waals surface area (Å²) in [5.41, 5.74) is -0.337. The molecule has 2 aromatic carbocycles. The summed E-state index contributed by atoms with van der Waals surface area (Å²) >= 11 is 0. The Hall–Kier alpha value is -3.16. The van der Waals surface area contributed by atoms with Gasteiger partial charge in [-0.15, -0.1) is 0 Å². The molecule has 8 heteroatoms. The Labute approximate surface area is 164 Å². The van der Waals surface area contributed by atoms with Gasteiger partial charge in [0.15, 0.2) is 5.92 Å². The predicted octanol–water partition coefficient (Wildman–Crippen LogP) is 3.76. The fourth-order valence-electron chi connectivity index (χ4n) is 3.40. The maximum atomic E-state index is 12.9. The average Bonchev–Trinajstić information content (AvgIpc) is 3.38. The second-order valence-corrected chi connectivity index (χ2v) is 7.13. The molecule has 1 unspecified atom stereocenters. The predicted molar refractivity (Wildman–Crippen MR) is 98.5 cm³/mol. The minimum Gasteiger partial charge on any atom is -0.459 e. The third-order valence-electron chi connectivity index (χ3n) is 5.08. The number of amides is 1. The summed E-state index contributed by atoms with van der Waals surface area (Å²) in [6.45, 7) is -0.231. The summed E-state index contributed by atoms with van der Waals surface area (Å²) in [4.78, 5) is 29.1. The van der Waals surface area contributed by atoms with Crippen LogP contribution < -0.4 is 5.32 Å². The molecule has 0 spiro atoms. The van der Waals surface area contributed by atoms with E-state index in [9.17, 15) is 22.8 Å². The van der Waals surface area contributed by atoms with Crippen LogP contribution in [0.15, 0.2) is 59.6 Å². The number of nitrogens with one attached hydrogen (secondary N) is 1. The molecule has 1 atom stereocenters. The molecule has 1 saturated heterocycles. The summed E-state index contributed by atoms with van der Waals surface area (Å²) in [6.07, 6.45) is -3.03. The molecule has 1 N–H and O–H groups in total. The van der Waals surface area contributed by atoms with Crippen LogP contribution in [0.1, 0.15) is 24.0 Å². The van der Waals surface area contributed by atoms with Gasteiger partial charge in [-0.3, -0.25) is 14.6 Å². The number of cyclic esters (lactones) is 1. The Morgan fingerprint density at radius 1 is 1.10 bits per heavy atom. The van der Waals surface area contributed by atoms with E-state index in [0.717, 1.165) is 30.5 Å². The molecule has 2 aliphatic rings. The molecule has 2 aromatic rings. The van der Waals surface area contributed by atoms with Crippen molar-refractivity contribution in [3.63, 3.8) is 0 Å². The maximum Gasteiger partial charge on any atom is 0.416 e. The smallest absolute Gasteiger partial charge is 0.416 e. The van der Waals surface area contributed by atoms with Gasteiger partial charge in [-0.2, -0.15) is 13.2 Å². The Morgan fingerprint density at radius 2 is 1.83 bits per heavy atom. The van der Waals surface area contributed by atoms with Crippen molar-refractivity contribution < 1.29 is 27.5 Å². The van der Waals surface area contributed by atoms with E-state index in [1.807, 2.05) is 30.3 Å². The van der Waals surface area contributed by atoms with Crippen LogP contribution in [0, 0.1) is 5.92 Å². The first-order valence-corrected chi connectivity index (χ1v) is 9.07. The number of carbonyl (C=O) groups excluding carboxylic acids is 2. The first-order chi connectivity index (χ1) is 13.8. The zero-order valence-electron chi connectivity index (χ0n) is 15.2. The second-order valence-electron chi connectivity index (χ2n) is 7.13. The van der Waals surface area contributed by atoms with E-state index in [2.05, 4.69) is 10.3 Å². The molecular weight excluding hydrogens is 385 g/mol. The van der Waals surface area contributed by atoms with Crippen LogP contribution in [0.3, 0.4) is 0 Å². The number of rotatable bonds is 4. The lowest BCUT2D eigenvalue weighted by Gasteiger charge is -2.19. The summed E-state index contributed by atoms with van der Waals surface area (Å²) < 4.78 is 43.7. The van der Waals surface area contributed by atoms with Gasteiger partial charge in [-0.1, -0.05) is 36.4 Å². The second kappa shape index (κ2) is 7.02. The minimum atomic E-state index is -4.51. The molecule has 0 radical (unpaired) electrons. The van der Waals surface area contributed by atoms with E-state index in [-0.39, 0.29) is 18.0 Å². The van der Waals surface area contributed by atoms with Crippen LogP contribution >= 0.6 is 0 Å². The molecule has 5 nitrogen and oxygen atoms in total. The molecule has 1 amide bonds. The number of aliphatic imine (C=N–C) groups is 1. The quantitative estimate of drug-likeness (QED) is 0.626. The third-order valence-corrected chi connectivity index (χ3v) is 5.08. The van der Waals surface area contributed by atoms with Crippen molar-refractivity contribution in [2.75, 3.05) is 6.61 Å². The van der Waals surface area contributed by atoms with Crippen LogP contribution in [0.4, 0.5) is 18.9 Å². The minimum absolute atomic E-state index is 0.00937. The van der Waals surface area contributed by atoms with E-state index in [4.69, 9.17) is 4.74 Å². The van der Waals surface area contributed by atoms with Gasteiger partial charge in [0.1, 0.15) is 6.61 Å². The number of hydrogen-bond donors (Lipinski definition) is 1. The number of hydrogen-bond acceptors (Lipinski definition) is 4. The summed E-state index contributed by atoms with van der Waals surface area (Å²) in [6, 6.07) is 13.8. The summed E-state index contributed by atoms with van der Waals surface area (Å²) in [5.74, 6) is -2.58. The number of ether oxygens (including phenoxy) is 1. The van der Waals surface area contributed by atoms with E-state index >= 15 is 0 Å². The number of carbonyl (C=O) groups is 2. The van der Waals surface area contributed by atoms with Crippen LogP contribution in [-0.4, -0.2) is 24.2 Å². The van der Waals surface area contributed by atoms with Crippen molar-refractivity contribution in [1.29, 1.82) is 0 Å². The van der Waals surface area contributed by atoms with Gasteiger partial charge in [0.25, 0.3) is 0 Å². The van der Waals surface area contributed by atoms with E-state index < -0.39 is 35.1 Å². The highest BCUT2D eigenvalue weighted by Crippen LogP contribution is 2.45. The highest BCUT2D eigenvalue weighted by Gasteiger charge is 2.49. The zero-order chi connectivity index (χ0) is 20.6. The molecule has 29 heavy (non-hydrogen) atoms. The van der Waals surface area contributed by atoms with Gasteiger partial charge >= 0.3 is 12.1 Å². The first-order valence-electron chi connectivity index (χ1n) is 9.07. The first kappa shape index (κ1) is 19.2. The van der Waals surface area contributed by atoms with Crippen LogP contribution in [0.25, 0.3) is 0 Å². The number of nitrogens with zero attached hydrogens (tertiary/aromatic N) is 1. The van der Waals surface area contributed by atoms with Gasteiger partial charge in [-0.05, 0) is 36.6 Å². The van der Waals surface area contributed by atoms with E-state index in [0.29, 0.717) is 0 Å². The van der Waals surface area contributed by atoms with Crippen molar-refractivity contribution in [3.8, 4) is 0 Å². The lowest BCUT2D eigenvalue weighted by atomic mass is 10.0. The molecule has 1 heterocycles. The van der Waals surface area contributed by atoms with Gasteiger partial charge in [0, 0.05) is 0 Å². The lowest BCUT2D eigenvalue weighted by Crippen LogP contribution is -2.42. The molecule has 2 fully saturated rings. The molecule has 1 aliphatic heterocycles. The van der Waals surface area contributed by atoms with Gasteiger partial charge < -0.3 is 10.1 Å².